The third kappa shape index (κ3) is 6.13. The predicted molar refractivity (Wildman–Crippen MR) is 87.3 cm³/mol. The number of benzene rings is 1. The SMILES string of the molecule is CCN(CC)CC(C)NS(=O)(=O)Cc1ccccc1CN. The fourth-order valence-corrected chi connectivity index (χ4v) is 3.82. The van der Waals surface area contributed by atoms with Gasteiger partial charge in [-0.2, -0.15) is 0 Å². The zero-order valence-corrected chi connectivity index (χ0v) is 14.0. The molecule has 21 heavy (non-hydrogen) atoms. The van der Waals surface area contributed by atoms with Crippen LogP contribution in [0, 0.1) is 0 Å². The van der Waals surface area contributed by atoms with Crippen LogP contribution >= 0.6 is 0 Å². The molecule has 3 N–H and O–H groups in total. The van der Waals surface area contributed by atoms with Gasteiger partial charge in [0.1, 0.15) is 0 Å². The molecule has 0 bridgehead atoms. The minimum Gasteiger partial charge on any atom is -0.326 e. The third-order valence-corrected chi connectivity index (χ3v) is 4.94. The topological polar surface area (TPSA) is 75.4 Å². The Kier molecular flexibility index (Phi) is 7.31. The van der Waals surface area contributed by atoms with E-state index in [9.17, 15) is 8.42 Å². The monoisotopic (exact) mass is 313 g/mol. The molecule has 0 aliphatic rings. The lowest BCUT2D eigenvalue weighted by Crippen LogP contribution is -2.42. The summed E-state index contributed by atoms with van der Waals surface area (Å²) < 4.78 is 27.3. The Balaban J connectivity index is 2.69. The first-order valence-electron chi connectivity index (χ1n) is 7.41. The molecule has 0 aliphatic heterocycles. The highest BCUT2D eigenvalue weighted by Crippen LogP contribution is 2.11. The molecule has 1 aromatic rings. The van der Waals surface area contributed by atoms with E-state index in [0.717, 1.165) is 24.2 Å². The summed E-state index contributed by atoms with van der Waals surface area (Å²) in [6.07, 6.45) is 0. The average molecular weight is 313 g/mol. The number of sulfonamides is 1. The van der Waals surface area contributed by atoms with Crippen LogP contribution in [0.15, 0.2) is 24.3 Å². The number of hydrogen-bond acceptors (Lipinski definition) is 4. The van der Waals surface area contributed by atoms with Gasteiger partial charge in [-0.3, -0.25) is 0 Å². The van der Waals surface area contributed by atoms with E-state index >= 15 is 0 Å². The van der Waals surface area contributed by atoms with E-state index in [0.29, 0.717) is 13.1 Å². The Morgan fingerprint density at radius 1 is 1.19 bits per heavy atom. The number of nitrogens with two attached hydrogens (primary N) is 1. The molecule has 0 saturated heterocycles. The summed E-state index contributed by atoms with van der Waals surface area (Å²) in [7, 11) is -3.36. The van der Waals surface area contributed by atoms with Crippen molar-refractivity contribution in [1.82, 2.24) is 9.62 Å². The quantitative estimate of drug-likeness (QED) is 0.720. The molecule has 1 atom stereocenters. The van der Waals surface area contributed by atoms with Gasteiger partial charge in [0, 0.05) is 19.1 Å². The molecule has 0 spiro atoms. The zero-order valence-electron chi connectivity index (χ0n) is 13.2. The highest BCUT2D eigenvalue weighted by Gasteiger charge is 2.18. The molecule has 0 fully saturated rings. The molecule has 0 saturated carbocycles. The minimum absolute atomic E-state index is 0.0248. The lowest BCUT2D eigenvalue weighted by Gasteiger charge is -2.23. The summed E-state index contributed by atoms with van der Waals surface area (Å²) >= 11 is 0. The van der Waals surface area contributed by atoms with Crippen LogP contribution in [0.4, 0.5) is 0 Å². The molecule has 120 valence electrons. The second kappa shape index (κ2) is 8.48. The van der Waals surface area contributed by atoms with Crippen LogP contribution in [0.2, 0.25) is 0 Å². The summed E-state index contributed by atoms with van der Waals surface area (Å²) in [5, 5.41) is 0. The van der Waals surface area contributed by atoms with Crippen LogP contribution in [0.5, 0.6) is 0 Å². The van der Waals surface area contributed by atoms with Crippen molar-refractivity contribution in [3.8, 4) is 0 Å². The van der Waals surface area contributed by atoms with Gasteiger partial charge in [-0.1, -0.05) is 38.1 Å². The summed E-state index contributed by atoms with van der Waals surface area (Å²) in [4.78, 5) is 2.20. The van der Waals surface area contributed by atoms with Crippen LogP contribution in [-0.2, 0) is 22.3 Å². The van der Waals surface area contributed by atoms with E-state index in [1.54, 1.807) is 0 Å². The Bertz CT molecular complexity index is 527. The Morgan fingerprint density at radius 2 is 1.76 bits per heavy atom. The van der Waals surface area contributed by atoms with Gasteiger partial charge in [-0.15, -0.1) is 0 Å². The maximum Gasteiger partial charge on any atom is 0.216 e. The first-order chi connectivity index (χ1) is 9.91. The zero-order chi connectivity index (χ0) is 15.9. The smallest absolute Gasteiger partial charge is 0.216 e. The fourth-order valence-electron chi connectivity index (χ4n) is 2.36. The summed E-state index contributed by atoms with van der Waals surface area (Å²) in [6, 6.07) is 7.28. The van der Waals surface area contributed by atoms with Crippen molar-refractivity contribution in [3.05, 3.63) is 35.4 Å². The van der Waals surface area contributed by atoms with Crippen LogP contribution in [0.3, 0.4) is 0 Å². The molecular weight excluding hydrogens is 286 g/mol. The fraction of sp³-hybridized carbons (Fsp3) is 0.600. The van der Waals surface area contributed by atoms with E-state index in [-0.39, 0.29) is 11.8 Å². The third-order valence-electron chi connectivity index (χ3n) is 3.49. The van der Waals surface area contributed by atoms with Gasteiger partial charge < -0.3 is 10.6 Å². The number of nitrogens with one attached hydrogen (secondary N) is 1. The molecule has 1 aromatic carbocycles. The Morgan fingerprint density at radius 3 is 2.29 bits per heavy atom. The van der Waals surface area contributed by atoms with Crippen molar-refractivity contribution in [2.24, 2.45) is 5.73 Å². The Labute approximate surface area is 128 Å². The maximum atomic E-state index is 12.3. The molecular formula is C15H27N3O2S. The van der Waals surface area contributed by atoms with Gasteiger partial charge in [0.05, 0.1) is 5.75 Å². The molecule has 0 radical (unpaired) electrons. The van der Waals surface area contributed by atoms with Crippen molar-refractivity contribution >= 4 is 10.0 Å². The van der Waals surface area contributed by atoms with E-state index in [1.807, 2.05) is 31.2 Å². The van der Waals surface area contributed by atoms with Crippen LogP contribution in [0.1, 0.15) is 31.9 Å². The van der Waals surface area contributed by atoms with Gasteiger partial charge in [-0.05, 0) is 31.1 Å². The normalized spacial score (nSPS) is 13.6. The first kappa shape index (κ1) is 18.1. The minimum atomic E-state index is -3.36. The summed E-state index contributed by atoms with van der Waals surface area (Å²) in [6.45, 7) is 8.93. The lowest BCUT2D eigenvalue weighted by atomic mass is 10.1. The molecule has 0 aliphatic carbocycles. The molecule has 0 heterocycles. The van der Waals surface area contributed by atoms with Gasteiger partial charge in [-0.25, -0.2) is 13.1 Å². The van der Waals surface area contributed by atoms with Crippen molar-refractivity contribution in [3.63, 3.8) is 0 Å². The van der Waals surface area contributed by atoms with Crippen molar-refractivity contribution < 1.29 is 8.42 Å². The van der Waals surface area contributed by atoms with Crippen molar-refractivity contribution in [2.75, 3.05) is 19.6 Å². The van der Waals surface area contributed by atoms with Crippen LogP contribution < -0.4 is 10.5 Å². The lowest BCUT2D eigenvalue weighted by molar-refractivity contribution is 0.282. The van der Waals surface area contributed by atoms with Gasteiger partial charge in [0.25, 0.3) is 0 Å². The highest BCUT2D eigenvalue weighted by molar-refractivity contribution is 7.88. The second-order valence-corrected chi connectivity index (χ2v) is 6.99. The standard InChI is InChI=1S/C15H27N3O2S/c1-4-18(5-2)11-13(3)17-21(19,20)12-15-9-7-6-8-14(15)10-16/h6-9,13,17H,4-5,10-12,16H2,1-3H3. The number of nitrogens with zero attached hydrogens (tertiary/aromatic N) is 1. The van der Waals surface area contributed by atoms with Crippen molar-refractivity contribution in [2.45, 2.75) is 39.1 Å². The van der Waals surface area contributed by atoms with Crippen LogP contribution in [-0.4, -0.2) is 39.0 Å². The molecule has 0 aromatic heterocycles. The largest absolute Gasteiger partial charge is 0.326 e. The predicted octanol–water partition coefficient (Wildman–Crippen LogP) is 1.30. The van der Waals surface area contributed by atoms with E-state index in [2.05, 4.69) is 23.5 Å². The summed E-state index contributed by atoms with van der Waals surface area (Å²) in [5.41, 5.74) is 7.29. The average Bonchev–Trinajstić information content (AvgIpc) is 2.44. The van der Waals surface area contributed by atoms with E-state index in [4.69, 9.17) is 5.73 Å². The Hall–Kier alpha value is -0.950. The number of rotatable bonds is 9. The summed E-state index contributed by atoms with van der Waals surface area (Å²) in [5.74, 6) is -0.0248. The van der Waals surface area contributed by atoms with E-state index in [1.165, 1.54) is 0 Å². The van der Waals surface area contributed by atoms with Gasteiger partial charge in [0.2, 0.25) is 10.0 Å². The molecule has 5 nitrogen and oxygen atoms in total. The van der Waals surface area contributed by atoms with Gasteiger partial charge >= 0.3 is 0 Å². The molecule has 1 unspecified atom stereocenters. The van der Waals surface area contributed by atoms with Crippen molar-refractivity contribution in [1.29, 1.82) is 0 Å². The maximum absolute atomic E-state index is 12.3. The highest BCUT2D eigenvalue weighted by atomic mass is 32.2. The number of likely N-dealkylation sites (N-methyl/N-ethyl adjacent to an activating group) is 1. The first-order valence-corrected chi connectivity index (χ1v) is 9.06. The van der Waals surface area contributed by atoms with E-state index < -0.39 is 10.0 Å². The van der Waals surface area contributed by atoms with Crippen LogP contribution in [0.25, 0.3) is 0 Å². The second-order valence-electron chi connectivity index (χ2n) is 5.24. The number of hydrogen-bond donors (Lipinski definition) is 2. The molecule has 1 rings (SSSR count). The molecule has 6 heteroatoms. The van der Waals surface area contributed by atoms with Gasteiger partial charge in [0.15, 0.2) is 0 Å². The molecule has 0 amide bonds.